The molecule has 1 unspecified atom stereocenters. The molecular formula is C16H23NO. The molecule has 2 rings (SSSR count). The van der Waals surface area contributed by atoms with Crippen LogP contribution in [0.25, 0.3) is 0 Å². The molecule has 1 aliphatic carbocycles. The molecule has 0 radical (unpaired) electrons. The third-order valence-electron chi connectivity index (χ3n) is 3.34. The SMILES string of the molecule is C=C(C)COc1cccc2c1CCC2NCCC. The lowest BCUT2D eigenvalue weighted by Crippen LogP contribution is -2.19. The zero-order valence-corrected chi connectivity index (χ0v) is 11.5. The molecule has 2 heteroatoms. The molecule has 0 aromatic heterocycles. The van der Waals surface area contributed by atoms with E-state index < -0.39 is 0 Å². The number of benzene rings is 1. The highest BCUT2D eigenvalue weighted by Crippen LogP contribution is 2.36. The topological polar surface area (TPSA) is 21.3 Å². The molecule has 1 aromatic carbocycles. The Morgan fingerprint density at radius 2 is 2.33 bits per heavy atom. The lowest BCUT2D eigenvalue weighted by molar-refractivity contribution is 0.349. The summed E-state index contributed by atoms with van der Waals surface area (Å²) in [6.45, 7) is 9.78. The van der Waals surface area contributed by atoms with Gasteiger partial charge in [0.1, 0.15) is 12.4 Å². The number of hydrogen-bond donors (Lipinski definition) is 1. The van der Waals surface area contributed by atoms with Crippen LogP contribution in [-0.4, -0.2) is 13.2 Å². The van der Waals surface area contributed by atoms with Gasteiger partial charge in [-0.3, -0.25) is 0 Å². The van der Waals surface area contributed by atoms with Gasteiger partial charge in [0.05, 0.1) is 0 Å². The fourth-order valence-electron chi connectivity index (χ4n) is 2.49. The summed E-state index contributed by atoms with van der Waals surface area (Å²) in [6.07, 6.45) is 3.48. The summed E-state index contributed by atoms with van der Waals surface area (Å²) in [5.74, 6) is 1.04. The fourth-order valence-corrected chi connectivity index (χ4v) is 2.49. The second kappa shape index (κ2) is 6.05. The summed E-state index contributed by atoms with van der Waals surface area (Å²) in [4.78, 5) is 0. The lowest BCUT2D eigenvalue weighted by atomic mass is 10.1. The van der Waals surface area contributed by atoms with Gasteiger partial charge in [-0.25, -0.2) is 0 Å². The molecule has 98 valence electrons. The third-order valence-corrected chi connectivity index (χ3v) is 3.34. The van der Waals surface area contributed by atoms with Crippen LogP contribution in [0.15, 0.2) is 30.4 Å². The molecule has 1 aliphatic rings. The van der Waals surface area contributed by atoms with Gasteiger partial charge < -0.3 is 10.1 Å². The molecule has 1 atom stereocenters. The average molecular weight is 245 g/mol. The van der Waals surface area contributed by atoms with Crippen LogP contribution in [0, 0.1) is 0 Å². The largest absolute Gasteiger partial charge is 0.489 e. The Hall–Kier alpha value is -1.28. The maximum absolute atomic E-state index is 5.84. The molecule has 0 heterocycles. The second-order valence-electron chi connectivity index (χ2n) is 5.12. The van der Waals surface area contributed by atoms with Crippen molar-refractivity contribution in [3.63, 3.8) is 0 Å². The molecule has 0 fully saturated rings. The normalized spacial score (nSPS) is 17.6. The first kappa shape index (κ1) is 13.2. The zero-order chi connectivity index (χ0) is 13.0. The van der Waals surface area contributed by atoms with Crippen molar-refractivity contribution in [2.24, 2.45) is 0 Å². The highest BCUT2D eigenvalue weighted by atomic mass is 16.5. The van der Waals surface area contributed by atoms with Crippen molar-refractivity contribution in [2.75, 3.05) is 13.2 Å². The fraction of sp³-hybridized carbons (Fsp3) is 0.500. The molecule has 0 saturated heterocycles. The Labute approximate surface area is 110 Å². The minimum Gasteiger partial charge on any atom is -0.489 e. The smallest absolute Gasteiger partial charge is 0.123 e. The van der Waals surface area contributed by atoms with E-state index in [2.05, 4.69) is 37.0 Å². The predicted octanol–water partition coefficient (Wildman–Crippen LogP) is 3.63. The Bertz CT molecular complexity index is 425. The van der Waals surface area contributed by atoms with Gasteiger partial charge in [0.2, 0.25) is 0 Å². The molecular weight excluding hydrogens is 222 g/mol. The zero-order valence-electron chi connectivity index (χ0n) is 11.5. The second-order valence-corrected chi connectivity index (χ2v) is 5.12. The number of ether oxygens (including phenoxy) is 1. The van der Waals surface area contributed by atoms with Crippen molar-refractivity contribution in [2.45, 2.75) is 39.2 Å². The van der Waals surface area contributed by atoms with Gasteiger partial charge >= 0.3 is 0 Å². The number of fused-ring (bicyclic) bond motifs is 1. The summed E-state index contributed by atoms with van der Waals surface area (Å²) in [5.41, 5.74) is 3.86. The monoisotopic (exact) mass is 245 g/mol. The van der Waals surface area contributed by atoms with Crippen molar-refractivity contribution in [1.82, 2.24) is 5.32 Å². The van der Waals surface area contributed by atoms with Crippen molar-refractivity contribution < 1.29 is 4.74 Å². The van der Waals surface area contributed by atoms with E-state index in [1.807, 2.05) is 6.92 Å². The summed E-state index contributed by atoms with van der Waals surface area (Å²) in [7, 11) is 0. The molecule has 0 saturated carbocycles. The molecule has 0 spiro atoms. The van der Waals surface area contributed by atoms with E-state index in [0.717, 1.165) is 24.3 Å². The third kappa shape index (κ3) is 2.94. The molecule has 2 nitrogen and oxygen atoms in total. The molecule has 0 aliphatic heterocycles. The van der Waals surface area contributed by atoms with Crippen LogP contribution in [0.3, 0.4) is 0 Å². The van der Waals surface area contributed by atoms with E-state index in [-0.39, 0.29) is 0 Å². The first-order chi connectivity index (χ1) is 8.72. The van der Waals surface area contributed by atoms with E-state index in [0.29, 0.717) is 12.6 Å². The van der Waals surface area contributed by atoms with E-state index in [1.165, 1.54) is 24.0 Å². The Kier molecular flexibility index (Phi) is 4.43. The first-order valence-corrected chi connectivity index (χ1v) is 6.84. The van der Waals surface area contributed by atoms with E-state index >= 15 is 0 Å². The van der Waals surface area contributed by atoms with E-state index in [4.69, 9.17) is 4.74 Å². The van der Waals surface area contributed by atoms with Crippen LogP contribution in [0.5, 0.6) is 5.75 Å². The maximum atomic E-state index is 5.84. The van der Waals surface area contributed by atoms with Gasteiger partial charge in [0.25, 0.3) is 0 Å². The van der Waals surface area contributed by atoms with Crippen LogP contribution >= 0.6 is 0 Å². The molecule has 1 aromatic rings. The molecule has 0 amide bonds. The summed E-state index contributed by atoms with van der Waals surface area (Å²) >= 11 is 0. The Morgan fingerprint density at radius 3 is 3.06 bits per heavy atom. The van der Waals surface area contributed by atoms with Crippen LogP contribution in [-0.2, 0) is 6.42 Å². The van der Waals surface area contributed by atoms with Crippen LogP contribution in [0.2, 0.25) is 0 Å². The van der Waals surface area contributed by atoms with Crippen molar-refractivity contribution >= 4 is 0 Å². The molecule has 1 N–H and O–H groups in total. The Morgan fingerprint density at radius 1 is 1.50 bits per heavy atom. The number of hydrogen-bond acceptors (Lipinski definition) is 2. The standard InChI is InChI=1S/C16H23NO/c1-4-10-17-15-9-8-14-13(15)6-5-7-16(14)18-11-12(2)3/h5-7,15,17H,2,4,8-11H2,1,3H3. The maximum Gasteiger partial charge on any atom is 0.123 e. The van der Waals surface area contributed by atoms with E-state index in [9.17, 15) is 0 Å². The lowest BCUT2D eigenvalue weighted by Gasteiger charge is -2.14. The number of rotatable bonds is 6. The van der Waals surface area contributed by atoms with Gasteiger partial charge in [-0.15, -0.1) is 0 Å². The predicted molar refractivity (Wildman–Crippen MR) is 76.1 cm³/mol. The quantitative estimate of drug-likeness (QED) is 0.773. The average Bonchev–Trinajstić information content (AvgIpc) is 2.77. The van der Waals surface area contributed by atoms with Gasteiger partial charge in [-0.2, -0.15) is 0 Å². The first-order valence-electron chi connectivity index (χ1n) is 6.84. The van der Waals surface area contributed by atoms with Gasteiger partial charge in [-0.1, -0.05) is 25.6 Å². The minimum absolute atomic E-state index is 0.508. The summed E-state index contributed by atoms with van der Waals surface area (Å²) < 4.78 is 5.84. The highest BCUT2D eigenvalue weighted by Gasteiger charge is 2.24. The van der Waals surface area contributed by atoms with E-state index in [1.54, 1.807) is 0 Å². The van der Waals surface area contributed by atoms with Crippen molar-refractivity contribution in [3.8, 4) is 5.75 Å². The summed E-state index contributed by atoms with van der Waals surface area (Å²) in [5, 5.41) is 3.61. The highest BCUT2D eigenvalue weighted by molar-refractivity contribution is 5.45. The van der Waals surface area contributed by atoms with Crippen molar-refractivity contribution in [1.29, 1.82) is 0 Å². The van der Waals surface area contributed by atoms with Gasteiger partial charge in [0, 0.05) is 6.04 Å². The Balaban J connectivity index is 2.11. The summed E-state index contributed by atoms with van der Waals surface area (Å²) in [6, 6.07) is 6.90. The van der Waals surface area contributed by atoms with Gasteiger partial charge in [-0.05, 0) is 55.5 Å². The van der Waals surface area contributed by atoms with Gasteiger partial charge in [0.15, 0.2) is 0 Å². The van der Waals surface area contributed by atoms with Crippen LogP contribution in [0.4, 0.5) is 0 Å². The minimum atomic E-state index is 0.508. The number of nitrogens with one attached hydrogen (secondary N) is 1. The van der Waals surface area contributed by atoms with Crippen molar-refractivity contribution in [3.05, 3.63) is 41.5 Å². The molecule has 18 heavy (non-hydrogen) atoms. The van der Waals surface area contributed by atoms with Crippen LogP contribution in [0.1, 0.15) is 43.9 Å². The van der Waals surface area contributed by atoms with Crippen LogP contribution < -0.4 is 10.1 Å². The molecule has 0 bridgehead atoms.